The summed E-state index contributed by atoms with van der Waals surface area (Å²) in [4.78, 5) is 12.5. The van der Waals surface area contributed by atoms with Crippen molar-refractivity contribution >= 4 is 35.5 Å². The van der Waals surface area contributed by atoms with E-state index in [1.54, 1.807) is 13.2 Å². The Morgan fingerprint density at radius 3 is 2.45 bits per heavy atom. The van der Waals surface area contributed by atoms with Crippen molar-refractivity contribution < 1.29 is 13.9 Å². The van der Waals surface area contributed by atoms with Crippen LogP contribution in [-0.4, -0.2) is 39.7 Å². The molecule has 1 aromatic heterocycles. The van der Waals surface area contributed by atoms with Crippen LogP contribution in [0, 0.1) is 5.82 Å². The molecule has 0 aliphatic heterocycles. The van der Waals surface area contributed by atoms with Crippen molar-refractivity contribution in [1.29, 1.82) is 0 Å². The third kappa shape index (κ3) is 6.41. The van der Waals surface area contributed by atoms with Crippen LogP contribution < -0.4 is 10.2 Å². The van der Waals surface area contributed by atoms with Crippen molar-refractivity contribution in [3.8, 4) is 22.8 Å². The van der Waals surface area contributed by atoms with Crippen molar-refractivity contribution in [3.63, 3.8) is 0 Å². The minimum Gasteiger partial charge on any atom is -0.497 e. The highest BCUT2D eigenvalue weighted by atomic mass is 35.5. The second-order valence-electron chi connectivity index (χ2n) is 9.38. The van der Waals surface area contributed by atoms with E-state index >= 15 is 0 Å². The van der Waals surface area contributed by atoms with Crippen molar-refractivity contribution in [3.05, 3.63) is 88.7 Å². The number of rotatable bonds is 8. The van der Waals surface area contributed by atoms with E-state index in [-0.39, 0.29) is 27.7 Å². The van der Waals surface area contributed by atoms with Crippen LogP contribution in [0.4, 0.5) is 4.39 Å². The van der Waals surface area contributed by atoms with Gasteiger partial charge in [-0.05, 0) is 47.4 Å². The first-order valence-corrected chi connectivity index (χ1v) is 13.1. The van der Waals surface area contributed by atoms with Crippen LogP contribution in [0.3, 0.4) is 0 Å². The molecule has 0 radical (unpaired) electrons. The van der Waals surface area contributed by atoms with Crippen molar-refractivity contribution in [2.75, 3.05) is 12.9 Å². The lowest BCUT2D eigenvalue weighted by molar-refractivity contribution is -0.118. The zero-order valence-corrected chi connectivity index (χ0v) is 23.0. The first-order chi connectivity index (χ1) is 18.2. The second kappa shape index (κ2) is 11.8. The van der Waals surface area contributed by atoms with Crippen LogP contribution in [0.1, 0.15) is 31.9 Å². The van der Waals surface area contributed by atoms with Crippen molar-refractivity contribution in [2.45, 2.75) is 31.3 Å². The number of hydrogen-bond donors (Lipinski definition) is 1. The highest BCUT2D eigenvalue weighted by molar-refractivity contribution is 7.99. The summed E-state index contributed by atoms with van der Waals surface area (Å²) in [6, 6.07) is 20.0. The Morgan fingerprint density at radius 1 is 1.11 bits per heavy atom. The maximum absolute atomic E-state index is 13.9. The van der Waals surface area contributed by atoms with Crippen LogP contribution in [0.25, 0.3) is 17.1 Å². The lowest BCUT2D eigenvalue weighted by Crippen LogP contribution is -2.20. The normalized spacial score (nSPS) is 11.6. The van der Waals surface area contributed by atoms with Gasteiger partial charge in [0.1, 0.15) is 11.6 Å². The predicted octanol–water partition coefficient (Wildman–Crippen LogP) is 6.28. The topological polar surface area (TPSA) is 81.4 Å². The molecular weight excluding hydrogens is 525 g/mol. The average Bonchev–Trinajstić information content (AvgIpc) is 3.33. The summed E-state index contributed by atoms with van der Waals surface area (Å²) in [6.07, 6.45) is 1.18. The zero-order valence-electron chi connectivity index (χ0n) is 21.4. The molecule has 1 amide bonds. The number of ether oxygens (including phenoxy) is 1. The van der Waals surface area contributed by atoms with Crippen LogP contribution in [0.15, 0.2) is 77.0 Å². The quantitative estimate of drug-likeness (QED) is 0.158. The zero-order chi connectivity index (χ0) is 27.3. The Hall–Kier alpha value is -3.69. The van der Waals surface area contributed by atoms with Gasteiger partial charge in [0.2, 0.25) is 0 Å². The van der Waals surface area contributed by atoms with Gasteiger partial charge in [-0.25, -0.2) is 9.82 Å². The largest absolute Gasteiger partial charge is 0.497 e. The molecule has 0 fully saturated rings. The molecular formula is C28H27ClFN5O2S. The van der Waals surface area contributed by atoms with Gasteiger partial charge in [-0.15, -0.1) is 10.2 Å². The number of hydrazone groups is 1. The number of carbonyl (C=O) groups excluding carboxylic acids is 1. The molecule has 0 saturated carbocycles. The molecule has 0 aliphatic rings. The number of nitrogens with one attached hydrogen (secondary N) is 1. The summed E-state index contributed by atoms with van der Waals surface area (Å²) in [5.41, 5.74) is 5.45. The first-order valence-electron chi connectivity index (χ1n) is 11.8. The Kier molecular flexibility index (Phi) is 8.48. The number of nitrogens with zero attached hydrogens (tertiary/aromatic N) is 4. The van der Waals surface area contributed by atoms with Gasteiger partial charge in [-0.1, -0.05) is 74.5 Å². The summed E-state index contributed by atoms with van der Waals surface area (Å²) in [5.74, 6) is 0.462. The Labute approximate surface area is 230 Å². The Morgan fingerprint density at radius 2 is 1.82 bits per heavy atom. The van der Waals surface area contributed by atoms with Gasteiger partial charge in [-0.3, -0.25) is 9.36 Å². The lowest BCUT2D eigenvalue weighted by Gasteiger charge is -2.19. The monoisotopic (exact) mass is 551 g/mol. The minimum absolute atomic E-state index is 0.0135. The van der Waals surface area contributed by atoms with E-state index in [1.807, 2.05) is 41.0 Å². The molecule has 0 saturated heterocycles. The highest BCUT2D eigenvalue weighted by Crippen LogP contribution is 2.30. The summed E-state index contributed by atoms with van der Waals surface area (Å²) >= 11 is 7.20. The van der Waals surface area contributed by atoms with Gasteiger partial charge in [0, 0.05) is 16.8 Å². The minimum atomic E-state index is -0.527. The molecule has 1 N–H and O–H groups in total. The Balaban J connectivity index is 1.56. The number of methoxy groups -OCH3 is 1. The van der Waals surface area contributed by atoms with E-state index < -0.39 is 5.82 Å². The molecule has 3 aromatic carbocycles. The lowest BCUT2D eigenvalue weighted by atomic mass is 9.87. The van der Waals surface area contributed by atoms with Gasteiger partial charge < -0.3 is 4.74 Å². The van der Waals surface area contributed by atoms with Crippen LogP contribution in [-0.2, 0) is 10.2 Å². The molecule has 4 rings (SSSR count). The smallest absolute Gasteiger partial charge is 0.250 e. The standard InChI is InChI=1S/C28H27ClFN5O2S/c1-28(2,3)19-10-8-18(9-11-19)26-33-34-27(35(26)20-12-14-21(37-4)15-13-20)38-17-25(36)32-31-16-22-23(29)6-5-7-24(22)30/h5-16H,17H2,1-4H3,(H,32,36). The number of thioether (sulfide) groups is 1. The maximum Gasteiger partial charge on any atom is 0.250 e. The molecule has 0 spiro atoms. The summed E-state index contributed by atoms with van der Waals surface area (Å²) in [5, 5.41) is 13.4. The number of hydrogen-bond acceptors (Lipinski definition) is 6. The van der Waals surface area contributed by atoms with E-state index in [2.05, 4.69) is 53.6 Å². The number of aromatic nitrogens is 3. The number of halogens is 2. The fraction of sp³-hybridized carbons (Fsp3) is 0.214. The second-order valence-corrected chi connectivity index (χ2v) is 10.7. The average molecular weight is 552 g/mol. The molecule has 0 atom stereocenters. The predicted molar refractivity (Wildman–Crippen MR) is 150 cm³/mol. The van der Waals surface area contributed by atoms with Crippen LogP contribution in [0.2, 0.25) is 5.02 Å². The van der Waals surface area contributed by atoms with Crippen LogP contribution >= 0.6 is 23.4 Å². The van der Waals surface area contributed by atoms with Crippen molar-refractivity contribution in [2.24, 2.45) is 5.10 Å². The molecule has 196 valence electrons. The fourth-order valence-corrected chi connectivity index (χ4v) is 4.56. The first kappa shape index (κ1) is 27.3. The Bertz CT molecular complexity index is 1430. The van der Waals surface area contributed by atoms with Gasteiger partial charge in [0.25, 0.3) is 5.91 Å². The molecule has 0 bridgehead atoms. The maximum atomic E-state index is 13.9. The molecule has 10 heteroatoms. The molecule has 7 nitrogen and oxygen atoms in total. The van der Waals surface area contributed by atoms with E-state index in [0.29, 0.717) is 11.0 Å². The molecule has 0 aliphatic carbocycles. The summed E-state index contributed by atoms with van der Waals surface area (Å²) in [6.45, 7) is 6.49. The summed E-state index contributed by atoms with van der Waals surface area (Å²) < 4.78 is 21.1. The molecule has 4 aromatic rings. The van der Waals surface area contributed by atoms with Gasteiger partial charge in [-0.2, -0.15) is 5.10 Å². The third-order valence-electron chi connectivity index (χ3n) is 5.69. The molecule has 1 heterocycles. The molecule has 0 unspecified atom stereocenters. The number of amides is 1. The van der Waals surface area contributed by atoms with Crippen molar-refractivity contribution in [1.82, 2.24) is 20.2 Å². The van der Waals surface area contributed by atoms with E-state index in [1.165, 1.54) is 35.7 Å². The van der Waals surface area contributed by atoms with E-state index in [0.717, 1.165) is 17.0 Å². The molecule has 38 heavy (non-hydrogen) atoms. The number of carbonyl (C=O) groups is 1. The summed E-state index contributed by atoms with van der Waals surface area (Å²) in [7, 11) is 1.61. The van der Waals surface area contributed by atoms with E-state index in [9.17, 15) is 9.18 Å². The highest BCUT2D eigenvalue weighted by Gasteiger charge is 2.19. The van der Waals surface area contributed by atoms with Gasteiger partial charge in [0.05, 0.1) is 24.1 Å². The van der Waals surface area contributed by atoms with Crippen LogP contribution in [0.5, 0.6) is 5.75 Å². The SMILES string of the molecule is COc1ccc(-n2c(SCC(=O)NN=Cc3c(F)cccc3Cl)nnc2-c2ccc(C(C)(C)C)cc2)cc1. The number of benzene rings is 3. The fourth-order valence-electron chi connectivity index (χ4n) is 3.60. The van der Waals surface area contributed by atoms with E-state index in [4.69, 9.17) is 16.3 Å². The van der Waals surface area contributed by atoms with Gasteiger partial charge >= 0.3 is 0 Å². The van der Waals surface area contributed by atoms with Gasteiger partial charge in [0.15, 0.2) is 11.0 Å². The third-order valence-corrected chi connectivity index (χ3v) is 6.95.